The van der Waals surface area contributed by atoms with Crippen molar-refractivity contribution in [2.75, 3.05) is 0 Å². The van der Waals surface area contributed by atoms with Crippen molar-refractivity contribution >= 4 is 11.8 Å². The lowest BCUT2D eigenvalue weighted by molar-refractivity contribution is -0.138. The summed E-state index contributed by atoms with van der Waals surface area (Å²) >= 11 is 0. The summed E-state index contributed by atoms with van der Waals surface area (Å²) in [7, 11) is 0. The highest BCUT2D eigenvalue weighted by Crippen LogP contribution is 2.14. The third kappa shape index (κ3) is 2.60. The molecule has 0 radical (unpaired) electrons. The van der Waals surface area contributed by atoms with E-state index in [-0.39, 0.29) is 0 Å². The van der Waals surface area contributed by atoms with Gasteiger partial charge in [0.05, 0.1) is 5.56 Å². The van der Waals surface area contributed by atoms with E-state index in [1.807, 2.05) is 0 Å². The number of rotatable bonds is 4. The Morgan fingerprint density at radius 3 is 2.25 bits per heavy atom. The number of hydrogen-bond acceptors (Lipinski definition) is 3. The van der Waals surface area contributed by atoms with Crippen LogP contribution in [-0.2, 0) is 4.79 Å². The van der Waals surface area contributed by atoms with Crippen LogP contribution in [0.15, 0.2) is 18.2 Å². The molecule has 0 spiro atoms. The number of ketones is 1. The molecule has 6 heteroatoms. The minimum absolute atomic E-state index is 0.646. The molecule has 1 aromatic rings. The van der Waals surface area contributed by atoms with Gasteiger partial charge in [-0.25, -0.2) is 8.78 Å². The number of carboxylic acids is 1. The van der Waals surface area contributed by atoms with E-state index in [0.717, 1.165) is 18.2 Å². The molecule has 0 aliphatic heterocycles. The van der Waals surface area contributed by atoms with E-state index in [0.29, 0.717) is 0 Å². The van der Waals surface area contributed by atoms with Crippen molar-refractivity contribution in [1.82, 2.24) is 0 Å². The first-order valence-corrected chi connectivity index (χ1v) is 4.39. The molecule has 0 saturated carbocycles. The third-order valence-corrected chi connectivity index (χ3v) is 1.96. The molecule has 0 bridgehead atoms. The Bertz CT molecular complexity index is 414. The number of carbonyl (C=O) groups excluding carboxylic acids is 1. The number of Topliss-reactive ketones (excluding diaryl/α,β-unsaturated/α-hetero) is 1. The largest absolute Gasteiger partial charge is 0.480 e. The van der Waals surface area contributed by atoms with Crippen molar-refractivity contribution < 1.29 is 23.5 Å². The molecule has 16 heavy (non-hydrogen) atoms. The SMILES string of the molecule is N[C@H](CC(=O)c1c(F)cccc1F)C(=O)O. The molecule has 1 rings (SSSR count). The van der Waals surface area contributed by atoms with Crippen molar-refractivity contribution in [2.45, 2.75) is 12.5 Å². The number of hydrogen-bond donors (Lipinski definition) is 2. The van der Waals surface area contributed by atoms with Gasteiger partial charge in [-0.15, -0.1) is 0 Å². The van der Waals surface area contributed by atoms with Gasteiger partial charge in [0.25, 0.3) is 0 Å². The summed E-state index contributed by atoms with van der Waals surface area (Å²) in [5, 5.41) is 8.45. The minimum Gasteiger partial charge on any atom is -0.480 e. The Kier molecular flexibility index (Phi) is 3.68. The van der Waals surface area contributed by atoms with Gasteiger partial charge in [-0.2, -0.15) is 0 Å². The van der Waals surface area contributed by atoms with Crippen LogP contribution in [0.2, 0.25) is 0 Å². The molecule has 1 atom stereocenters. The van der Waals surface area contributed by atoms with Gasteiger partial charge in [0, 0.05) is 6.42 Å². The normalized spacial score (nSPS) is 12.2. The summed E-state index contributed by atoms with van der Waals surface area (Å²) in [4.78, 5) is 21.7. The fraction of sp³-hybridized carbons (Fsp3) is 0.200. The Hall–Kier alpha value is -1.82. The summed E-state index contributed by atoms with van der Waals surface area (Å²) in [5.41, 5.74) is 4.34. The molecule has 4 nitrogen and oxygen atoms in total. The van der Waals surface area contributed by atoms with Gasteiger partial charge < -0.3 is 10.8 Å². The third-order valence-electron chi connectivity index (χ3n) is 1.96. The zero-order valence-corrected chi connectivity index (χ0v) is 8.11. The van der Waals surface area contributed by atoms with E-state index in [2.05, 4.69) is 0 Å². The molecule has 0 aliphatic rings. The fourth-order valence-corrected chi connectivity index (χ4v) is 1.15. The summed E-state index contributed by atoms with van der Waals surface area (Å²) in [6, 6.07) is 1.48. The predicted molar refractivity (Wildman–Crippen MR) is 50.9 cm³/mol. The maximum absolute atomic E-state index is 13.1. The second kappa shape index (κ2) is 4.80. The molecule has 0 aliphatic carbocycles. The van der Waals surface area contributed by atoms with E-state index in [9.17, 15) is 18.4 Å². The first-order valence-electron chi connectivity index (χ1n) is 4.39. The lowest BCUT2D eigenvalue weighted by atomic mass is 10.0. The Balaban J connectivity index is 2.93. The maximum atomic E-state index is 13.1. The second-order valence-corrected chi connectivity index (χ2v) is 3.17. The maximum Gasteiger partial charge on any atom is 0.320 e. The molecule has 0 aromatic heterocycles. The minimum atomic E-state index is -1.47. The summed E-state index contributed by atoms with van der Waals surface area (Å²) in [6.07, 6.45) is -0.646. The summed E-state index contributed by atoms with van der Waals surface area (Å²) in [5.74, 6) is -4.42. The van der Waals surface area contributed by atoms with Gasteiger partial charge in [-0.05, 0) is 12.1 Å². The molecular weight excluding hydrogens is 220 g/mol. The van der Waals surface area contributed by atoms with Crippen molar-refractivity contribution in [3.8, 4) is 0 Å². The number of benzene rings is 1. The van der Waals surface area contributed by atoms with Crippen molar-refractivity contribution in [1.29, 1.82) is 0 Å². The van der Waals surface area contributed by atoms with Crippen LogP contribution in [0.1, 0.15) is 16.8 Å². The highest BCUT2D eigenvalue weighted by atomic mass is 19.1. The van der Waals surface area contributed by atoms with Crippen LogP contribution in [0.3, 0.4) is 0 Å². The Labute approximate surface area is 89.7 Å². The Morgan fingerprint density at radius 1 is 1.31 bits per heavy atom. The van der Waals surface area contributed by atoms with Gasteiger partial charge in [0.15, 0.2) is 5.78 Å². The number of aliphatic carboxylic acids is 1. The van der Waals surface area contributed by atoms with E-state index < -0.39 is 41.4 Å². The zero-order chi connectivity index (χ0) is 12.3. The van der Waals surface area contributed by atoms with Crippen molar-refractivity contribution in [3.05, 3.63) is 35.4 Å². The number of nitrogens with two attached hydrogens (primary N) is 1. The van der Waals surface area contributed by atoms with Crippen LogP contribution in [0, 0.1) is 11.6 Å². The molecule has 0 fully saturated rings. The first-order chi connectivity index (χ1) is 7.43. The van der Waals surface area contributed by atoms with Crippen LogP contribution in [0.25, 0.3) is 0 Å². The molecule has 0 heterocycles. The van der Waals surface area contributed by atoms with Gasteiger partial charge in [0.1, 0.15) is 17.7 Å². The molecule has 0 saturated heterocycles. The van der Waals surface area contributed by atoms with E-state index >= 15 is 0 Å². The van der Waals surface area contributed by atoms with Crippen LogP contribution in [-0.4, -0.2) is 22.9 Å². The predicted octanol–water partition coefficient (Wildman–Crippen LogP) is 0.950. The van der Waals surface area contributed by atoms with Crippen molar-refractivity contribution in [2.24, 2.45) is 5.73 Å². The van der Waals surface area contributed by atoms with Gasteiger partial charge in [-0.1, -0.05) is 6.07 Å². The van der Waals surface area contributed by atoms with Gasteiger partial charge in [0.2, 0.25) is 0 Å². The number of halogens is 2. The first kappa shape index (κ1) is 12.3. The zero-order valence-electron chi connectivity index (χ0n) is 8.11. The van der Waals surface area contributed by atoms with E-state index in [1.54, 1.807) is 0 Å². The average molecular weight is 229 g/mol. The quantitative estimate of drug-likeness (QED) is 0.753. The smallest absolute Gasteiger partial charge is 0.320 e. The van der Waals surface area contributed by atoms with Crippen LogP contribution < -0.4 is 5.73 Å². The molecule has 1 aromatic carbocycles. The van der Waals surface area contributed by atoms with Gasteiger partial charge in [-0.3, -0.25) is 9.59 Å². The highest BCUT2D eigenvalue weighted by Gasteiger charge is 2.22. The molecule has 0 unspecified atom stereocenters. The standard InChI is InChI=1S/C10H9F2NO3/c11-5-2-1-3-6(12)9(5)8(14)4-7(13)10(15)16/h1-3,7H,4,13H2,(H,15,16)/t7-/m1/s1. The summed E-state index contributed by atoms with van der Waals surface area (Å²) in [6.45, 7) is 0. The molecule has 0 amide bonds. The summed E-state index contributed by atoms with van der Waals surface area (Å²) < 4.78 is 26.2. The number of carboxylic acid groups (broad SMARTS) is 1. The van der Waals surface area contributed by atoms with Crippen LogP contribution >= 0.6 is 0 Å². The molecular formula is C10H9F2NO3. The fourth-order valence-electron chi connectivity index (χ4n) is 1.15. The molecule has 86 valence electrons. The lowest BCUT2D eigenvalue weighted by Crippen LogP contribution is -2.33. The van der Waals surface area contributed by atoms with Crippen LogP contribution in [0.4, 0.5) is 8.78 Å². The number of carbonyl (C=O) groups is 2. The monoisotopic (exact) mass is 229 g/mol. The van der Waals surface area contributed by atoms with E-state index in [1.165, 1.54) is 0 Å². The van der Waals surface area contributed by atoms with E-state index in [4.69, 9.17) is 10.8 Å². The highest BCUT2D eigenvalue weighted by molar-refractivity contribution is 5.99. The van der Waals surface area contributed by atoms with Crippen molar-refractivity contribution in [3.63, 3.8) is 0 Å². The lowest BCUT2D eigenvalue weighted by Gasteiger charge is -2.06. The molecule has 3 N–H and O–H groups in total. The average Bonchev–Trinajstić information content (AvgIpc) is 2.16. The van der Waals surface area contributed by atoms with Crippen LogP contribution in [0.5, 0.6) is 0 Å². The topological polar surface area (TPSA) is 80.4 Å². The van der Waals surface area contributed by atoms with Gasteiger partial charge >= 0.3 is 5.97 Å². The Morgan fingerprint density at radius 2 is 1.81 bits per heavy atom. The second-order valence-electron chi connectivity index (χ2n) is 3.17.